The molecule has 30 heavy (non-hydrogen) atoms. The largest absolute Gasteiger partial charge is 0.448 e. The lowest BCUT2D eigenvalue weighted by Gasteiger charge is -2.18. The number of ether oxygens (including phenoxy) is 2. The van der Waals surface area contributed by atoms with Crippen molar-refractivity contribution in [3.63, 3.8) is 0 Å². The van der Waals surface area contributed by atoms with E-state index in [0.29, 0.717) is 21.2 Å². The van der Waals surface area contributed by atoms with E-state index in [1.807, 2.05) is 24.3 Å². The summed E-state index contributed by atoms with van der Waals surface area (Å²) in [5, 5.41) is 5.67. The smallest absolute Gasteiger partial charge is 0.413 e. The molecule has 3 rings (SSSR count). The Kier molecular flexibility index (Phi) is 6.73. The zero-order valence-corrected chi connectivity index (χ0v) is 18.3. The number of hydrogen-bond acceptors (Lipinski definition) is 7. The van der Waals surface area contributed by atoms with Crippen molar-refractivity contribution in [2.75, 3.05) is 23.1 Å². The molecular formula is C20H21ClN4O4S. The fourth-order valence-corrected chi connectivity index (χ4v) is 3.33. The molecule has 0 spiro atoms. The van der Waals surface area contributed by atoms with E-state index in [4.69, 9.17) is 21.1 Å². The Morgan fingerprint density at radius 2 is 1.77 bits per heavy atom. The predicted octanol–water partition coefficient (Wildman–Crippen LogP) is 5.49. The zero-order chi connectivity index (χ0) is 21.7. The van der Waals surface area contributed by atoms with Gasteiger partial charge in [0.1, 0.15) is 22.6 Å². The number of aromatic nitrogens is 2. The molecule has 0 aliphatic heterocycles. The van der Waals surface area contributed by atoms with Gasteiger partial charge in [-0.1, -0.05) is 23.5 Å². The van der Waals surface area contributed by atoms with Crippen LogP contribution in [0.2, 0.25) is 0 Å². The Morgan fingerprint density at radius 1 is 1.03 bits per heavy atom. The molecule has 10 heteroatoms. The SMILES string of the molecule is CC(C)(C)OC(=O)Nc1nc2ccc(-c3ccc(NC(=O)OCCCl)cc3)nc2s1. The first-order valence-corrected chi connectivity index (χ1v) is 10.5. The quantitative estimate of drug-likeness (QED) is 0.500. The number of fused-ring (bicyclic) bond motifs is 1. The summed E-state index contributed by atoms with van der Waals surface area (Å²) < 4.78 is 10.1. The van der Waals surface area contributed by atoms with Gasteiger partial charge < -0.3 is 9.47 Å². The van der Waals surface area contributed by atoms with Crippen LogP contribution in [-0.4, -0.2) is 40.2 Å². The van der Waals surface area contributed by atoms with Crippen LogP contribution in [0.25, 0.3) is 21.6 Å². The van der Waals surface area contributed by atoms with Gasteiger partial charge in [0.15, 0.2) is 5.13 Å². The fourth-order valence-electron chi connectivity index (χ4n) is 2.43. The number of carbonyl (C=O) groups excluding carboxylic acids is 2. The molecule has 158 valence electrons. The molecule has 2 aromatic heterocycles. The second-order valence-electron chi connectivity index (χ2n) is 7.19. The topological polar surface area (TPSA) is 102 Å². The number of benzene rings is 1. The maximum atomic E-state index is 11.9. The van der Waals surface area contributed by atoms with Crippen molar-refractivity contribution in [1.29, 1.82) is 0 Å². The normalized spacial score (nSPS) is 11.2. The van der Waals surface area contributed by atoms with Crippen LogP contribution in [0.5, 0.6) is 0 Å². The number of rotatable bonds is 5. The minimum atomic E-state index is -0.589. The second-order valence-corrected chi connectivity index (χ2v) is 8.55. The monoisotopic (exact) mass is 448 g/mol. The highest BCUT2D eigenvalue weighted by Gasteiger charge is 2.18. The third-order valence-corrected chi connectivity index (χ3v) is 4.64. The Balaban J connectivity index is 1.71. The van der Waals surface area contributed by atoms with E-state index in [9.17, 15) is 9.59 Å². The van der Waals surface area contributed by atoms with Gasteiger partial charge in [0.2, 0.25) is 0 Å². The highest BCUT2D eigenvalue weighted by Crippen LogP contribution is 2.28. The maximum Gasteiger partial charge on any atom is 0.413 e. The molecule has 2 heterocycles. The average Bonchev–Trinajstić information content (AvgIpc) is 3.06. The molecule has 3 aromatic rings. The van der Waals surface area contributed by atoms with Crippen LogP contribution < -0.4 is 10.6 Å². The van der Waals surface area contributed by atoms with Gasteiger partial charge in [-0.3, -0.25) is 10.6 Å². The number of pyridine rings is 1. The average molecular weight is 449 g/mol. The summed E-state index contributed by atoms with van der Waals surface area (Å²) in [4.78, 5) is 33.2. The number of hydrogen-bond donors (Lipinski definition) is 2. The standard InChI is InChI=1S/C20H21ClN4O4S/c1-20(2,3)29-19(27)25-17-24-15-9-8-14(23-16(15)30-17)12-4-6-13(7-5-12)22-18(26)28-11-10-21/h4-9H,10-11H2,1-3H3,(H,22,26)(H,24,25,27). The van der Waals surface area contributed by atoms with E-state index >= 15 is 0 Å². The van der Waals surface area contributed by atoms with E-state index in [-0.39, 0.29) is 12.5 Å². The van der Waals surface area contributed by atoms with Gasteiger partial charge in [-0.2, -0.15) is 0 Å². The van der Waals surface area contributed by atoms with Crippen molar-refractivity contribution in [3.05, 3.63) is 36.4 Å². The minimum Gasteiger partial charge on any atom is -0.448 e. The summed E-state index contributed by atoms with van der Waals surface area (Å²) in [6.45, 7) is 5.53. The molecule has 2 N–H and O–H groups in total. The Hall–Kier alpha value is -2.91. The van der Waals surface area contributed by atoms with Crippen molar-refractivity contribution < 1.29 is 19.1 Å². The summed E-state index contributed by atoms with van der Waals surface area (Å²) in [6.07, 6.45) is -1.12. The van der Waals surface area contributed by atoms with Gasteiger partial charge in [-0.25, -0.2) is 19.6 Å². The number of carbonyl (C=O) groups is 2. The lowest BCUT2D eigenvalue weighted by Crippen LogP contribution is -2.27. The fraction of sp³-hybridized carbons (Fsp3) is 0.300. The third-order valence-electron chi connectivity index (χ3n) is 3.60. The Labute approximate surface area is 182 Å². The van der Waals surface area contributed by atoms with Crippen LogP contribution in [0, 0.1) is 0 Å². The van der Waals surface area contributed by atoms with Crippen molar-refractivity contribution in [1.82, 2.24) is 9.97 Å². The number of halogens is 1. The molecular weight excluding hydrogens is 428 g/mol. The first-order chi connectivity index (χ1) is 14.2. The number of nitrogens with zero attached hydrogens (tertiary/aromatic N) is 2. The van der Waals surface area contributed by atoms with Gasteiger partial charge in [0.25, 0.3) is 0 Å². The summed E-state index contributed by atoms with van der Waals surface area (Å²) >= 11 is 6.75. The second kappa shape index (κ2) is 9.27. The number of thiazole rings is 1. The van der Waals surface area contributed by atoms with Gasteiger partial charge in [-0.15, -0.1) is 11.6 Å². The maximum absolute atomic E-state index is 11.9. The molecule has 0 atom stereocenters. The minimum absolute atomic E-state index is 0.148. The van der Waals surface area contributed by atoms with Crippen LogP contribution in [0.4, 0.5) is 20.4 Å². The van der Waals surface area contributed by atoms with Crippen LogP contribution in [-0.2, 0) is 9.47 Å². The molecule has 0 saturated heterocycles. The molecule has 0 aliphatic rings. The molecule has 8 nitrogen and oxygen atoms in total. The van der Waals surface area contributed by atoms with Crippen LogP contribution in [0.3, 0.4) is 0 Å². The molecule has 0 radical (unpaired) electrons. The lowest BCUT2D eigenvalue weighted by molar-refractivity contribution is 0.0636. The van der Waals surface area contributed by atoms with E-state index in [0.717, 1.165) is 11.3 Å². The number of anilines is 2. The number of nitrogens with one attached hydrogen (secondary N) is 2. The van der Waals surface area contributed by atoms with Crippen molar-refractivity contribution >= 4 is 56.3 Å². The zero-order valence-electron chi connectivity index (χ0n) is 16.7. The number of amides is 2. The van der Waals surface area contributed by atoms with E-state index in [1.165, 1.54) is 11.3 Å². The molecule has 0 unspecified atom stereocenters. The van der Waals surface area contributed by atoms with Gasteiger partial charge in [-0.05, 0) is 45.0 Å². The van der Waals surface area contributed by atoms with Crippen LogP contribution in [0.15, 0.2) is 36.4 Å². The Bertz CT molecular complexity index is 1050. The van der Waals surface area contributed by atoms with Gasteiger partial charge in [0, 0.05) is 11.3 Å². The third kappa shape index (κ3) is 6.04. The van der Waals surface area contributed by atoms with Crippen LogP contribution in [0.1, 0.15) is 20.8 Å². The van der Waals surface area contributed by atoms with Crippen molar-refractivity contribution in [3.8, 4) is 11.3 Å². The number of alkyl halides is 1. The molecule has 2 amide bonds. The summed E-state index contributed by atoms with van der Waals surface area (Å²) in [6, 6.07) is 10.9. The van der Waals surface area contributed by atoms with E-state index in [1.54, 1.807) is 32.9 Å². The van der Waals surface area contributed by atoms with Crippen molar-refractivity contribution in [2.45, 2.75) is 26.4 Å². The molecule has 0 fully saturated rings. The van der Waals surface area contributed by atoms with Crippen LogP contribution >= 0.6 is 22.9 Å². The molecule has 0 bridgehead atoms. The Morgan fingerprint density at radius 3 is 2.43 bits per heavy atom. The molecule has 0 saturated carbocycles. The van der Waals surface area contributed by atoms with Gasteiger partial charge in [0.05, 0.1) is 11.6 Å². The van der Waals surface area contributed by atoms with Gasteiger partial charge >= 0.3 is 12.2 Å². The summed E-state index contributed by atoms with van der Waals surface area (Å²) in [5.74, 6) is 0.243. The summed E-state index contributed by atoms with van der Waals surface area (Å²) in [7, 11) is 0. The lowest BCUT2D eigenvalue weighted by atomic mass is 10.1. The summed E-state index contributed by atoms with van der Waals surface area (Å²) in [5.41, 5.74) is 2.29. The molecule has 0 aliphatic carbocycles. The molecule has 1 aromatic carbocycles. The van der Waals surface area contributed by atoms with Crippen molar-refractivity contribution in [2.24, 2.45) is 0 Å². The highest BCUT2D eigenvalue weighted by atomic mass is 35.5. The van der Waals surface area contributed by atoms with E-state index in [2.05, 4.69) is 20.6 Å². The van der Waals surface area contributed by atoms with E-state index < -0.39 is 17.8 Å². The first kappa shape index (κ1) is 21.8. The predicted molar refractivity (Wildman–Crippen MR) is 118 cm³/mol. The highest BCUT2D eigenvalue weighted by molar-refractivity contribution is 7.21. The first-order valence-electron chi connectivity index (χ1n) is 9.11.